The Morgan fingerprint density at radius 3 is 3.12 bits per heavy atom. The molecule has 0 aliphatic heterocycles. The van der Waals surface area contributed by atoms with Crippen molar-refractivity contribution in [1.29, 1.82) is 0 Å². The van der Waals surface area contributed by atoms with Gasteiger partial charge in [-0.1, -0.05) is 6.42 Å². The smallest absolute Gasteiger partial charge is 0.354 e. The molecule has 1 heterocycles. The number of aromatic nitrogens is 2. The summed E-state index contributed by atoms with van der Waals surface area (Å²) in [5, 5.41) is 27.6. The summed E-state index contributed by atoms with van der Waals surface area (Å²) in [7, 11) is 0. The van der Waals surface area contributed by atoms with Crippen LogP contribution in [0.3, 0.4) is 0 Å². The summed E-state index contributed by atoms with van der Waals surface area (Å²) in [5.74, 6) is -0.709. The molecule has 2 unspecified atom stereocenters. The van der Waals surface area contributed by atoms with Gasteiger partial charge in [0, 0.05) is 24.8 Å². The zero-order valence-corrected chi connectivity index (χ0v) is 9.52. The van der Waals surface area contributed by atoms with Crippen molar-refractivity contribution >= 4 is 5.97 Å². The number of H-pyrrole nitrogens is 1. The molecule has 6 nitrogen and oxygen atoms in total. The van der Waals surface area contributed by atoms with Crippen LogP contribution in [0.4, 0.5) is 0 Å². The molecule has 0 radical (unpaired) electrons. The largest absolute Gasteiger partial charge is 0.477 e. The topological polar surface area (TPSA) is 98.2 Å². The van der Waals surface area contributed by atoms with E-state index in [0.717, 1.165) is 19.3 Å². The normalized spacial score (nSPS) is 24.1. The lowest BCUT2D eigenvalue weighted by Crippen LogP contribution is -2.33. The van der Waals surface area contributed by atoms with Crippen LogP contribution in [0, 0.1) is 5.92 Å². The SMILES string of the molecule is O=C(O)c1[nH]ncc1CNC1CCCC1CO. The van der Waals surface area contributed by atoms with Gasteiger partial charge >= 0.3 is 5.97 Å². The van der Waals surface area contributed by atoms with Crippen LogP contribution in [-0.4, -0.2) is 39.0 Å². The Labute approximate surface area is 99.0 Å². The quantitative estimate of drug-likeness (QED) is 0.594. The molecule has 0 saturated heterocycles. The maximum atomic E-state index is 10.9. The van der Waals surface area contributed by atoms with E-state index in [-0.39, 0.29) is 24.3 Å². The predicted octanol–water partition coefficient (Wildman–Crippen LogP) is 0.358. The van der Waals surface area contributed by atoms with Gasteiger partial charge in [-0.25, -0.2) is 4.79 Å². The van der Waals surface area contributed by atoms with E-state index in [9.17, 15) is 9.90 Å². The van der Waals surface area contributed by atoms with Gasteiger partial charge in [0.05, 0.1) is 6.20 Å². The van der Waals surface area contributed by atoms with Crippen molar-refractivity contribution in [3.8, 4) is 0 Å². The van der Waals surface area contributed by atoms with Gasteiger partial charge in [0.15, 0.2) is 0 Å². The minimum Gasteiger partial charge on any atom is -0.477 e. The lowest BCUT2D eigenvalue weighted by molar-refractivity contribution is 0.0689. The summed E-state index contributed by atoms with van der Waals surface area (Å²) >= 11 is 0. The molecule has 94 valence electrons. The number of nitrogens with one attached hydrogen (secondary N) is 2. The van der Waals surface area contributed by atoms with Gasteiger partial charge in [0.25, 0.3) is 0 Å². The van der Waals surface area contributed by atoms with Crippen molar-refractivity contribution in [2.45, 2.75) is 31.8 Å². The van der Waals surface area contributed by atoms with Crippen LogP contribution in [0.5, 0.6) is 0 Å². The van der Waals surface area contributed by atoms with Gasteiger partial charge in [-0.05, 0) is 18.8 Å². The summed E-state index contributed by atoms with van der Waals surface area (Å²) in [6, 6.07) is 0.275. The monoisotopic (exact) mass is 239 g/mol. The van der Waals surface area contributed by atoms with Gasteiger partial charge in [-0.3, -0.25) is 5.10 Å². The summed E-state index contributed by atoms with van der Waals surface area (Å²) in [6.07, 6.45) is 4.70. The Kier molecular flexibility index (Phi) is 3.75. The Morgan fingerprint density at radius 1 is 1.59 bits per heavy atom. The first kappa shape index (κ1) is 12.1. The summed E-state index contributed by atoms with van der Waals surface area (Å²) in [6.45, 7) is 0.661. The van der Waals surface area contributed by atoms with E-state index < -0.39 is 5.97 Å². The van der Waals surface area contributed by atoms with Crippen LogP contribution in [-0.2, 0) is 6.54 Å². The highest BCUT2D eigenvalue weighted by Crippen LogP contribution is 2.25. The number of carboxylic acid groups (broad SMARTS) is 1. The zero-order chi connectivity index (χ0) is 12.3. The maximum absolute atomic E-state index is 10.9. The second-order valence-electron chi connectivity index (χ2n) is 4.44. The van der Waals surface area contributed by atoms with Crippen LogP contribution in [0.25, 0.3) is 0 Å². The fraction of sp³-hybridized carbons (Fsp3) is 0.636. The number of aliphatic hydroxyl groups excluding tert-OH is 1. The van der Waals surface area contributed by atoms with Crippen molar-refractivity contribution in [3.63, 3.8) is 0 Å². The number of aromatic carboxylic acids is 1. The molecular weight excluding hydrogens is 222 g/mol. The molecule has 0 bridgehead atoms. The number of rotatable bonds is 5. The molecule has 1 aliphatic rings. The van der Waals surface area contributed by atoms with Crippen LogP contribution >= 0.6 is 0 Å². The van der Waals surface area contributed by atoms with Gasteiger partial charge < -0.3 is 15.5 Å². The second kappa shape index (κ2) is 5.29. The van der Waals surface area contributed by atoms with E-state index in [1.54, 1.807) is 0 Å². The molecule has 0 amide bonds. The summed E-state index contributed by atoms with van der Waals surface area (Å²) in [5.41, 5.74) is 0.789. The molecule has 17 heavy (non-hydrogen) atoms. The predicted molar refractivity (Wildman–Crippen MR) is 60.6 cm³/mol. The number of carboxylic acids is 1. The fourth-order valence-electron chi connectivity index (χ4n) is 2.40. The molecule has 2 atom stereocenters. The summed E-state index contributed by atoms with van der Waals surface area (Å²) < 4.78 is 0. The maximum Gasteiger partial charge on any atom is 0.354 e. The Hall–Kier alpha value is -1.40. The number of aromatic amines is 1. The lowest BCUT2D eigenvalue weighted by atomic mass is 10.0. The number of hydrogen-bond acceptors (Lipinski definition) is 4. The van der Waals surface area contributed by atoms with Crippen molar-refractivity contribution in [3.05, 3.63) is 17.5 Å². The standard InChI is InChI=1S/C11H17N3O3/c15-6-7-2-1-3-9(7)12-4-8-5-13-14-10(8)11(16)17/h5,7,9,12,15H,1-4,6H2,(H,13,14)(H,16,17). The molecule has 1 aromatic rings. The van der Waals surface area contributed by atoms with Gasteiger partial charge in [0.1, 0.15) is 5.69 Å². The average Bonchev–Trinajstić information content (AvgIpc) is 2.94. The number of aliphatic hydroxyl groups is 1. The van der Waals surface area contributed by atoms with Crippen molar-refractivity contribution < 1.29 is 15.0 Å². The first-order chi connectivity index (χ1) is 8.22. The molecule has 2 rings (SSSR count). The van der Waals surface area contributed by atoms with E-state index >= 15 is 0 Å². The van der Waals surface area contributed by atoms with E-state index in [1.165, 1.54) is 6.20 Å². The molecule has 0 spiro atoms. The Balaban J connectivity index is 1.93. The Morgan fingerprint density at radius 2 is 2.41 bits per heavy atom. The van der Waals surface area contributed by atoms with Crippen LogP contribution in [0.1, 0.15) is 35.3 Å². The summed E-state index contributed by atoms with van der Waals surface area (Å²) in [4.78, 5) is 10.9. The Bertz CT molecular complexity index is 391. The van der Waals surface area contributed by atoms with E-state index in [4.69, 9.17) is 5.11 Å². The van der Waals surface area contributed by atoms with Crippen LogP contribution < -0.4 is 5.32 Å². The second-order valence-corrected chi connectivity index (χ2v) is 4.44. The third-order valence-corrected chi connectivity index (χ3v) is 3.38. The molecule has 1 saturated carbocycles. The average molecular weight is 239 g/mol. The highest BCUT2D eigenvalue weighted by atomic mass is 16.4. The number of carbonyl (C=O) groups is 1. The van der Waals surface area contributed by atoms with Crippen molar-refractivity contribution in [1.82, 2.24) is 15.5 Å². The van der Waals surface area contributed by atoms with E-state index in [0.29, 0.717) is 12.1 Å². The first-order valence-corrected chi connectivity index (χ1v) is 5.82. The third kappa shape index (κ3) is 2.65. The minimum atomic E-state index is -0.996. The molecule has 6 heteroatoms. The minimum absolute atomic E-state index is 0.135. The molecule has 0 aromatic carbocycles. The third-order valence-electron chi connectivity index (χ3n) is 3.38. The first-order valence-electron chi connectivity index (χ1n) is 5.82. The highest BCUT2D eigenvalue weighted by molar-refractivity contribution is 5.86. The number of nitrogens with zero attached hydrogens (tertiary/aromatic N) is 1. The molecule has 4 N–H and O–H groups in total. The lowest BCUT2D eigenvalue weighted by Gasteiger charge is -2.18. The molecular formula is C11H17N3O3. The number of hydrogen-bond donors (Lipinski definition) is 4. The fourth-order valence-corrected chi connectivity index (χ4v) is 2.40. The van der Waals surface area contributed by atoms with Crippen LogP contribution in [0.2, 0.25) is 0 Å². The van der Waals surface area contributed by atoms with Crippen molar-refractivity contribution in [2.24, 2.45) is 5.92 Å². The molecule has 1 fully saturated rings. The van der Waals surface area contributed by atoms with Crippen molar-refractivity contribution in [2.75, 3.05) is 6.61 Å². The van der Waals surface area contributed by atoms with E-state index in [1.807, 2.05) is 0 Å². The van der Waals surface area contributed by atoms with Gasteiger partial charge in [-0.2, -0.15) is 5.10 Å². The van der Waals surface area contributed by atoms with E-state index in [2.05, 4.69) is 15.5 Å². The van der Waals surface area contributed by atoms with Gasteiger partial charge in [0.2, 0.25) is 0 Å². The molecule has 1 aliphatic carbocycles. The highest BCUT2D eigenvalue weighted by Gasteiger charge is 2.26. The van der Waals surface area contributed by atoms with Crippen LogP contribution in [0.15, 0.2) is 6.20 Å². The molecule has 1 aromatic heterocycles. The van der Waals surface area contributed by atoms with Gasteiger partial charge in [-0.15, -0.1) is 0 Å². The zero-order valence-electron chi connectivity index (χ0n) is 9.52.